The van der Waals surface area contributed by atoms with E-state index in [4.69, 9.17) is 5.84 Å². The van der Waals surface area contributed by atoms with Crippen molar-refractivity contribution >= 4 is 15.9 Å². The Labute approximate surface area is 123 Å². The lowest BCUT2D eigenvalue weighted by molar-refractivity contribution is 0.209. The zero-order valence-corrected chi connectivity index (χ0v) is 12.9. The fraction of sp³-hybridized carbons (Fsp3) is 0.600. The molecular weight excluding hydrogens is 307 g/mol. The van der Waals surface area contributed by atoms with Gasteiger partial charge in [-0.3, -0.25) is 11.3 Å². The lowest BCUT2D eigenvalue weighted by Crippen LogP contribution is -2.36. The van der Waals surface area contributed by atoms with E-state index >= 15 is 0 Å². The minimum absolute atomic E-state index is 0.0272. The van der Waals surface area contributed by atoms with Crippen LogP contribution in [-0.2, 0) is 0 Å². The Morgan fingerprint density at radius 1 is 1.47 bits per heavy atom. The molecule has 3 N–H and O–H groups in total. The average molecular weight is 329 g/mol. The van der Waals surface area contributed by atoms with Crippen LogP contribution in [0.5, 0.6) is 0 Å². The van der Waals surface area contributed by atoms with E-state index < -0.39 is 0 Å². The predicted molar refractivity (Wildman–Crippen MR) is 79.9 cm³/mol. The molecular formula is C15H22BrFN2. The number of nitrogens with one attached hydrogen (secondary N) is 1. The fourth-order valence-electron chi connectivity index (χ4n) is 3.25. The molecule has 0 bridgehead atoms. The number of hydrazine groups is 1. The van der Waals surface area contributed by atoms with Gasteiger partial charge in [-0.2, -0.15) is 0 Å². The van der Waals surface area contributed by atoms with Gasteiger partial charge in [0.15, 0.2) is 0 Å². The van der Waals surface area contributed by atoms with E-state index in [1.807, 2.05) is 6.07 Å². The fourth-order valence-corrected chi connectivity index (χ4v) is 3.76. The van der Waals surface area contributed by atoms with Gasteiger partial charge in [0.25, 0.3) is 0 Å². The quantitative estimate of drug-likeness (QED) is 0.638. The summed E-state index contributed by atoms with van der Waals surface area (Å²) in [5, 5.41) is 0. The summed E-state index contributed by atoms with van der Waals surface area (Å²) in [6.45, 7) is 2.25. The van der Waals surface area contributed by atoms with Crippen LogP contribution in [0.1, 0.15) is 50.6 Å². The SMILES string of the molecule is CCC1CCCC(C(NN)c2cccc(F)c2Br)C1. The smallest absolute Gasteiger partial charge is 0.137 e. The highest BCUT2D eigenvalue weighted by atomic mass is 79.9. The van der Waals surface area contributed by atoms with Gasteiger partial charge in [-0.1, -0.05) is 38.3 Å². The molecule has 4 heteroatoms. The summed E-state index contributed by atoms with van der Waals surface area (Å²) in [6.07, 6.45) is 6.11. The molecule has 2 rings (SSSR count). The predicted octanol–water partition coefficient (Wildman–Crippen LogP) is 4.31. The van der Waals surface area contributed by atoms with Gasteiger partial charge in [0.1, 0.15) is 5.82 Å². The number of nitrogens with two attached hydrogens (primary N) is 1. The first-order valence-electron chi connectivity index (χ1n) is 7.07. The molecule has 1 aromatic carbocycles. The summed E-state index contributed by atoms with van der Waals surface area (Å²) >= 11 is 3.35. The van der Waals surface area contributed by atoms with Gasteiger partial charge >= 0.3 is 0 Å². The van der Waals surface area contributed by atoms with Gasteiger partial charge in [-0.15, -0.1) is 0 Å². The number of rotatable bonds is 4. The van der Waals surface area contributed by atoms with Crippen LogP contribution >= 0.6 is 15.9 Å². The van der Waals surface area contributed by atoms with Crippen LogP contribution in [0.4, 0.5) is 4.39 Å². The van der Waals surface area contributed by atoms with Crippen LogP contribution in [0.3, 0.4) is 0 Å². The molecule has 0 radical (unpaired) electrons. The Balaban J connectivity index is 2.21. The van der Waals surface area contributed by atoms with Gasteiger partial charge in [-0.05, 0) is 52.2 Å². The van der Waals surface area contributed by atoms with Gasteiger partial charge in [0.05, 0.1) is 10.5 Å². The van der Waals surface area contributed by atoms with Crippen molar-refractivity contribution < 1.29 is 4.39 Å². The van der Waals surface area contributed by atoms with Crippen molar-refractivity contribution in [3.05, 3.63) is 34.1 Å². The molecule has 0 spiro atoms. The third kappa shape index (κ3) is 3.36. The second-order valence-corrected chi connectivity index (χ2v) is 6.28. The third-order valence-corrected chi connectivity index (χ3v) is 5.20. The summed E-state index contributed by atoms with van der Waals surface area (Å²) in [4.78, 5) is 0. The molecule has 2 nitrogen and oxygen atoms in total. The molecule has 1 saturated carbocycles. The van der Waals surface area contributed by atoms with Crippen molar-refractivity contribution in [1.82, 2.24) is 5.43 Å². The highest BCUT2D eigenvalue weighted by Gasteiger charge is 2.29. The third-order valence-electron chi connectivity index (χ3n) is 4.37. The van der Waals surface area contributed by atoms with E-state index in [1.165, 1.54) is 31.7 Å². The van der Waals surface area contributed by atoms with Crippen LogP contribution in [0.25, 0.3) is 0 Å². The highest BCUT2D eigenvalue weighted by Crippen LogP contribution is 2.40. The Hall–Kier alpha value is -0.450. The topological polar surface area (TPSA) is 38.0 Å². The second-order valence-electron chi connectivity index (χ2n) is 5.49. The van der Waals surface area contributed by atoms with Crippen molar-refractivity contribution in [2.75, 3.05) is 0 Å². The monoisotopic (exact) mass is 328 g/mol. The Morgan fingerprint density at radius 3 is 2.95 bits per heavy atom. The summed E-state index contributed by atoms with van der Waals surface area (Å²) in [5.41, 5.74) is 3.84. The van der Waals surface area contributed by atoms with E-state index in [2.05, 4.69) is 28.3 Å². The maximum absolute atomic E-state index is 13.7. The van der Waals surface area contributed by atoms with Gasteiger partial charge in [-0.25, -0.2) is 4.39 Å². The van der Waals surface area contributed by atoms with E-state index in [0.29, 0.717) is 10.4 Å². The van der Waals surface area contributed by atoms with Crippen LogP contribution < -0.4 is 11.3 Å². The van der Waals surface area contributed by atoms with Crippen molar-refractivity contribution in [2.45, 2.75) is 45.1 Å². The number of hydrogen-bond acceptors (Lipinski definition) is 2. The molecule has 0 amide bonds. The van der Waals surface area contributed by atoms with Gasteiger partial charge in [0.2, 0.25) is 0 Å². The van der Waals surface area contributed by atoms with Crippen LogP contribution in [-0.4, -0.2) is 0 Å². The normalized spacial score (nSPS) is 25.3. The molecule has 0 saturated heterocycles. The zero-order chi connectivity index (χ0) is 13.8. The summed E-state index contributed by atoms with van der Waals surface area (Å²) < 4.78 is 14.2. The molecule has 106 valence electrons. The minimum atomic E-state index is -0.222. The van der Waals surface area contributed by atoms with E-state index in [1.54, 1.807) is 6.07 Å². The molecule has 19 heavy (non-hydrogen) atoms. The lowest BCUT2D eigenvalue weighted by Gasteiger charge is -2.34. The summed E-state index contributed by atoms with van der Waals surface area (Å²) in [6, 6.07) is 5.20. The molecule has 1 aromatic rings. The molecule has 0 aliphatic heterocycles. The van der Waals surface area contributed by atoms with E-state index in [-0.39, 0.29) is 11.9 Å². The van der Waals surface area contributed by atoms with Crippen molar-refractivity contribution in [3.8, 4) is 0 Å². The Kier molecular flexibility index (Phi) is 5.37. The van der Waals surface area contributed by atoms with Crippen LogP contribution in [0.15, 0.2) is 22.7 Å². The van der Waals surface area contributed by atoms with Crippen molar-refractivity contribution in [1.29, 1.82) is 0 Å². The molecule has 1 aliphatic rings. The highest BCUT2D eigenvalue weighted by molar-refractivity contribution is 9.10. The molecule has 0 heterocycles. The first-order valence-corrected chi connectivity index (χ1v) is 7.86. The molecule has 1 aliphatic carbocycles. The second kappa shape index (κ2) is 6.82. The van der Waals surface area contributed by atoms with Gasteiger partial charge in [0, 0.05) is 0 Å². The van der Waals surface area contributed by atoms with Crippen LogP contribution in [0.2, 0.25) is 0 Å². The Bertz CT molecular complexity index is 425. The maximum Gasteiger partial charge on any atom is 0.137 e. The average Bonchev–Trinajstić information content (AvgIpc) is 2.44. The minimum Gasteiger partial charge on any atom is -0.271 e. The lowest BCUT2D eigenvalue weighted by atomic mass is 9.75. The number of benzene rings is 1. The first-order chi connectivity index (χ1) is 9.17. The molecule has 3 atom stereocenters. The number of halogens is 2. The van der Waals surface area contributed by atoms with Crippen molar-refractivity contribution in [2.24, 2.45) is 17.7 Å². The Morgan fingerprint density at radius 2 is 2.26 bits per heavy atom. The van der Waals surface area contributed by atoms with E-state index in [0.717, 1.165) is 17.9 Å². The molecule has 0 aromatic heterocycles. The molecule has 1 fully saturated rings. The zero-order valence-electron chi connectivity index (χ0n) is 11.3. The summed E-state index contributed by atoms with van der Waals surface area (Å²) in [7, 11) is 0. The molecule has 3 unspecified atom stereocenters. The largest absolute Gasteiger partial charge is 0.271 e. The first kappa shape index (κ1) is 14.9. The number of hydrogen-bond donors (Lipinski definition) is 2. The van der Waals surface area contributed by atoms with Crippen molar-refractivity contribution in [3.63, 3.8) is 0 Å². The maximum atomic E-state index is 13.7. The summed E-state index contributed by atoms with van der Waals surface area (Å²) in [5.74, 6) is 6.79. The van der Waals surface area contributed by atoms with Crippen LogP contribution in [0, 0.1) is 17.7 Å². The van der Waals surface area contributed by atoms with Gasteiger partial charge < -0.3 is 0 Å². The van der Waals surface area contributed by atoms with E-state index in [9.17, 15) is 4.39 Å². The standard InChI is InChI=1S/C15H22BrFN2/c1-2-10-5-3-6-11(9-10)15(19-18)12-7-4-8-13(17)14(12)16/h4,7-8,10-11,15,19H,2-3,5-6,9,18H2,1H3.